The standard InChI is InChI=1S/C10H22N2OS/c1-8(2)13-6-5-12(4)9(3)7-10(11)14/h8-9H,5-7H2,1-4H3,(H2,11,14). The van der Waals surface area contributed by atoms with Crippen molar-refractivity contribution in [2.75, 3.05) is 20.2 Å². The number of hydrogen-bond acceptors (Lipinski definition) is 3. The quantitative estimate of drug-likeness (QED) is 0.656. The average molecular weight is 218 g/mol. The van der Waals surface area contributed by atoms with Crippen LogP contribution in [0.1, 0.15) is 27.2 Å². The normalized spacial score (nSPS) is 13.6. The van der Waals surface area contributed by atoms with Crippen LogP contribution in [-0.2, 0) is 4.74 Å². The number of hydrogen-bond donors (Lipinski definition) is 1. The Hall–Kier alpha value is -0.190. The van der Waals surface area contributed by atoms with Crippen molar-refractivity contribution in [1.82, 2.24) is 4.90 Å². The third kappa shape index (κ3) is 7.24. The van der Waals surface area contributed by atoms with Crippen LogP contribution < -0.4 is 5.73 Å². The summed E-state index contributed by atoms with van der Waals surface area (Å²) in [6.45, 7) is 7.88. The molecule has 0 heterocycles. The minimum Gasteiger partial charge on any atom is -0.393 e. The highest BCUT2D eigenvalue weighted by Gasteiger charge is 2.09. The fourth-order valence-electron chi connectivity index (χ4n) is 1.10. The minimum atomic E-state index is 0.300. The predicted molar refractivity (Wildman–Crippen MR) is 64.6 cm³/mol. The second-order valence-electron chi connectivity index (χ2n) is 3.92. The Kier molecular flexibility index (Phi) is 7.05. The van der Waals surface area contributed by atoms with Crippen LogP contribution in [0, 0.1) is 0 Å². The van der Waals surface area contributed by atoms with Crippen molar-refractivity contribution in [3.63, 3.8) is 0 Å². The lowest BCUT2D eigenvalue weighted by molar-refractivity contribution is 0.0579. The Bertz CT molecular complexity index is 174. The van der Waals surface area contributed by atoms with Gasteiger partial charge in [0, 0.05) is 19.0 Å². The molecule has 0 amide bonds. The lowest BCUT2D eigenvalue weighted by atomic mass is 10.2. The van der Waals surface area contributed by atoms with E-state index in [0.717, 1.165) is 19.6 Å². The van der Waals surface area contributed by atoms with Gasteiger partial charge in [-0.3, -0.25) is 0 Å². The molecule has 4 heteroatoms. The van der Waals surface area contributed by atoms with Gasteiger partial charge in [0.05, 0.1) is 17.7 Å². The van der Waals surface area contributed by atoms with Crippen LogP contribution in [0.3, 0.4) is 0 Å². The SMILES string of the molecule is CC(C)OCCN(C)C(C)CC(N)=S. The van der Waals surface area contributed by atoms with Crippen molar-refractivity contribution in [1.29, 1.82) is 0 Å². The maximum absolute atomic E-state index is 5.48. The van der Waals surface area contributed by atoms with Crippen molar-refractivity contribution in [3.8, 4) is 0 Å². The van der Waals surface area contributed by atoms with Gasteiger partial charge in [0.1, 0.15) is 0 Å². The zero-order valence-electron chi connectivity index (χ0n) is 9.62. The van der Waals surface area contributed by atoms with E-state index < -0.39 is 0 Å². The van der Waals surface area contributed by atoms with Gasteiger partial charge in [-0.15, -0.1) is 0 Å². The molecule has 0 fully saturated rings. The molecule has 0 aliphatic heterocycles. The summed E-state index contributed by atoms with van der Waals surface area (Å²) < 4.78 is 5.46. The van der Waals surface area contributed by atoms with Gasteiger partial charge in [-0.1, -0.05) is 12.2 Å². The van der Waals surface area contributed by atoms with Crippen molar-refractivity contribution in [2.24, 2.45) is 5.73 Å². The number of ether oxygens (including phenoxy) is 1. The third-order valence-electron chi connectivity index (χ3n) is 2.14. The van der Waals surface area contributed by atoms with E-state index in [2.05, 4.69) is 18.9 Å². The first-order chi connectivity index (χ1) is 6.43. The van der Waals surface area contributed by atoms with Gasteiger partial charge in [-0.2, -0.15) is 0 Å². The molecule has 3 nitrogen and oxygen atoms in total. The summed E-state index contributed by atoms with van der Waals surface area (Å²) in [7, 11) is 2.06. The molecule has 0 aliphatic carbocycles. The molecule has 0 aromatic carbocycles. The predicted octanol–water partition coefficient (Wildman–Crippen LogP) is 1.41. The van der Waals surface area contributed by atoms with Gasteiger partial charge in [0.2, 0.25) is 0 Å². The summed E-state index contributed by atoms with van der Waals surface area (Å²) in [6, 6.07) is 0.392. The summed E-state index contributed by atoms with van der Waals surface area (Å²) >= 11 is 4.86. The van der Waals surface area contributed by atoms with Crippen molar-refractivity contribution >= 4 is 17.2 Å². The number of nitrogens with two attached hydrogens (primary N) is 1. The molecule has 84 valence electrons. The second kappa shape index (κ2) is 7.15. The summed E-state index contributed by atoms with van der Waals surface area (Å²) in [5.74, 6) is 0. The van der Waals surface area contributed by atoms with E-state index in [4.69, 9.17) is 22.7 Å². The van der Waals surface area contributed by atoms with E-state index >= 15 is 0 Å². The van der Waals surface area contributed by atoms with E-state index in [1.165, 1.54) is 0 Å². The molecular formula is C10H22N2OS. The van der Waals surface area contributed by atoms with Gasteiger partial charge >= 0.3 is 0 Å². The number of thiocarbonyl (C=S) groups is 1. The highest BCUT2D eigenvalue weighted by Crippen LogP contribution is 2.01. The van der Waals surface area contributed by atoms with Crippen LogP contribution in [0.25, 0.3) is 0 Å². The molecule has 0 saturated heterocycles. The summed E-state index contributed by atoms with van der Waals surface area (Å²) in [6.07, 6.45) is 1.07. The van der Waals surface area contributed by atoms with E-state index in [-0.39, 0.29) is 0 Å². The smallest absolute Gasteiger partial charge is 0.0742 e. The van der Waals surface area contributed by atoms with Crippen LogP contribution in [0.5, 0.6) is 0 Å². The number of rotatable bonds is 7. The van der Waals surface area contributed by atoms with Gasteiger partial charge in [-0.05, 0) is 27.8 Å². The monoisotopic (exact) mass is 218 g/mol. The fourth-order valence-corrected chi connectivity index (χ4v) is 1.34. The molecule has 0 aromatic heterocycles. The molecular weight excluding hydrogens is 196 g/mol. The van der Waals surface area contributed by atoms with Gasteiger partial charge in [0.15, 0.2) is 0 Å². The van der Waals surface area contributed by atoms with Crippen molar-refractivity contribution < 1.29 is 4.74 Å². The number of nitrogens with zero attached hydrogens (tertiary/aromatic N) is 1. The first-order valence-corrected chi connectivity index (χ1v) is 5.44. The van der Waals surface area contributed by atoms with Gasteiger partial charge in [-0.25, -0.2) is 0 Å². The van der Waals surface area contributed by atoms with Crippen LogP contribution in [0.4, 0.5) is 0 Å². The molecule has 0 aliphatic rings. The molecule has 0 bridgehead atoms. The largest absolute Gasteiger partial charge is 0.393 e. The Morgan fingerprint density at radius 1 is 1.43 bits per heavy atom. The van der Waals surface area contributed by atoms with E-state index in [1.54, 1.807) is 0 Å². The van der Waals surface area contributed by atoms with Crippen molar-refractivity contribution in [3.05, 3.63) is 0 Å². The molecule has 0 spiro atoms. The molecule has 0 saturated carbocycles. The molecule has 0 radical (unpaired) electrons. The highest BCUT2D eigenvalue weighted by molar-refractivity contribution is 7.80. The molecule has 1 atom stereocenters. The van der Waals surface area contributed by atoms with Crippen LogP contribution in [-0.4, -0.2) is 42.2 Å². The second-order valence-corrected chi connectivity index (χ2v) is 4.44. The Balaban J connectivity index is 3.61. The van der Waals surface area contributed by atoms with E-state index in [9.17, 15) is 0 Å². The van der Waals surface area contributed by atoms with Gasteiger partial charge < -0.3 is 15.4 Å². The average Bonchev–Trinajstić information content (AvgIpc) is 2.01. The zero-order valence-corrected chi connectivity index (χ0v) is 10.4. The lowest BCUT2D eigenvalue weighted by Gasteiger charge is -2.24. The maximum atomic E-state index is 5.48. The molecule has 14 heavy (non-hydrogen) atoms. The highest BCUT2D eigenvalue weighted by atomic mass is 32.1. The lowest BCUT2D eigenvalue weighted by Crippen LogP contribution is -2.35. The number of likely N-dealkylation sites (N-methyl/N-ethyl adjacent to an activating group) is 1. The third-order valence-corrected chi connectivity index (χ3v) is 2.31. The van der Waals surface area contributed by atoms with E-state index in [1.807, 2.05) is 13.8 Å². The first-order valence-electron chi connectivity index (χ1n) is 5.03. The van der Waals surface area contributed by atoms with Crippen LogP contribution >= 0.6 is 12.2 Å². The summed E-state index contributed by atoms with van der Waals surface area (Å²) in [4.78, 5) is 2.79. The van der Waals surface area contributed by atoms with Crippen LogP contribution in [0.15, 0.2) is 0 Å². The zero-order chi connectivity index (χ0) is 11.1. The fraction of sp³-hybridized carbons (Fsp3) is 0.900. The first kappa shape index (κ1) is 13.8. The molecule has 0 aromatic rings. The Morgan fingerprint density at radius 2 is 2.00 bits per heavy atom. The minimum absolute atomic E-state index is 0.300. The molecule has 0 rings (SSSR count). The van der Waals surface area contributed by atoms with E-state index in [0.29, 0.717) is 17.1 Å². The Morgan fingerprint density at radius 3 is 2.43 bits per heavy atom. The summed E-state index contributed by atoms with van der Waals surface area (Å²) in [5, 5.41) is 0. The van der Waals surface area contributed by atoms with Crippen LogP contribution in [0.2, 0.25) is 0 Å². The summed E-state index contributed by atoms with van der Waals surface area (Å²) in [5.41, 5.74) is 5.48. The Labute approximate surface area is 92.6 Å². The van der Waals surface area contributed by atoms with Gasteiger partial charge in [0.25, 0.3) is 0 Å². The van der Waals surface area contributed by atoms with Crippen molar-refractivity contribution in [2.45, 2.75) is 39.3 Å². The topological polar surface area (TPSA) is 38.5 Å². The molecule has 1 unspecified atom stereocenters. The molecule has 2 N–H and O–H groups in total. The maximum Gasteiger partial charge on any atom is 0.0742 e.